The first-order chi connectivity index (χ1) is 10.0. The van der Waals surface area contributed by atoms with Gasteiger partial charge in [-0.05, 0) is 18.8 Å². The lowest BCUT2D eigenvalue weighted by Crippen LogP contribution is -2.44. The Morgan fingerprint density at radius 3 is 2.76 bits per heavy atom. The highest BCUT2D eigenvalue weighted by Crippen LogP contribution is 2.27. The van der Waals surface area contributed by atoms with Gasteiger partial charge in [-0.25, -0.2) is 4.98 Å². The van der Waals surface area contributed by atoms with Gasteiger partial charge in [-0.1, -0.05) is 26.7 Å². The van der Waals surface area contributed by atoms with Gasteiger partial charge in [-0.2, -0.15) is 0 Å². The zero-order valence-electron chi connectivity index (χ0n) is 13.0. The summed E-state index contributed by atoms with van der Waals surface area (Å²) in [5.41, 5.74) is 0. The third-order valence-corrected chi connectivity index (χ3v) is 5.36. The Morgan fingerprint density at radius 1 is 1.43 bits per heavy atom. The summed E-state index contributed by atoms with van der Waals surface area (Å²) in [7, 11) is 0.346. The Bertz CT molecular complexity index is 517. The molecule has 1 N–H and O–H groups in total. The van der Waals surface area contributed by atoms with E-state index in [2.05, 4.69) is 22.1 Å². The van der Waals surface area contributed by atoms with E-state index in [-0.39, 0.29) is 22.9 Å². The minimum Gasteiger partial charge on any atom is -0.342 e. The Kier molecular flexibility index (Phi) is 5.50. The maximum atomic E-state index is 12.3. The van der Waals surface area contributed by atoms with Crippen molar-refractivity contribution < 1.29 is 9.00 Å². The molecule has 0 spiro atoms. The molecule has 0 unspecified atom stereocenters. The van der Waals surface area contributed by atoms with Crippen molar-refractivity contribution in [3.05, 3.63) is 5.82 Å². The molecule has 7 heteroatoms. The van der Waals surface area contributed by atoms with Crippen LogP contribution in [0.1, 0.15) is 45.4 Å². The summed E-state index contributed by atoms with van der Waals surface area (Å²) in [6.45, 7) is 4.13. The van der Waals surface area contributed by atoms with E-state index in [1.807, 2.05) is 14.0 Å². The number of aromatic amines is 1. The van der Waals surface area contributed by atoms with Crippen LogP contribution in [0.4, 0.5) is 0 Å². The first-order valence-corrected chi connectivity index (χ1v) is 8.90. The van der Waals surface area contributed by atoms with Crippen LogP contribution in [-0.4, -0.2) is 49.0 Å². The second-order valence-corrected chi connectivity index (χ2v) is 7.09. The summed E-state index contributed by atoms with van der Waals surface area (Å²) >= 11 is 0. The minimum atomic E-state index is -1.48. The third-order valence-electron chi connectivity index (χ3n) is 4.26. The van der Waals surface area contributed by atoms with Crippen molar-refractivity contribution in [3.63, 3.8) is 0 Å². The standard InChI is InChI=1S/C14H24N4O2S/c1-4-12-15-14(17-16-12)21(20)9-13(19)18(3)11-8-6-5-7-10(11)2/h10-11H,4-9H2,1-3H3,(H,15,16,17)/t10-,11+,21-/m1/s1. The Balaban J connectivity index is 1.95. The quantitative estimate of drug-likeness (QED) is 0.894. The second kappa shape index (κ2) is 7.15. The van der Waals surface area contributed by atoms with Gasteiger partial charge in [0.05, 0.1) is 0 Å². The van der Waals surface area contributed by atoms with Crippen molar-refractivity contribution >= 4 is 16.7 Å². The van der Waals surface area contributed by atoms with Gasteiger partial charge in [0.15, 0.2) is 0 Å². The lowest BCUT2D eigenvalue weighted by molar-refractivity contribution is -0.130. The predicted octanol–water partition coefficient (Wildman–Crippen LogP) is 1.51. The van der Waals surface area contributed by atoms with Crippen LogP contribution in [0.25, 0.3) is 0 Å². The van der Waals surface area contributed by atoms with Crippen LogP contribution in [0, 0.1) is 5.92 Å². The van der Waals surface area contributed by atoms with Gasteiger partial charge in [-0.3, -0.25) is 14.1 Å². The fourth-order valence-electron chi connectivity index (χ4n) is 2.87. The molecule has 2 rings (SSSR count). The van der Waals surface area contributed by atoms with Gasteiger partial charge in [0, 0.05) is 19.5 Å². The highest BCUT2D eigenvalue weighted by Gasteiger charge is 2.29. The van der Waals surface area contributed by atoms with Gasteiger partial charge in [0.25, 0.3) is 0 Å². The van der Waals surface area contributed by atoms with E-state index < -0.39 is 10.8 Å². The van der Waals surface area contributed by atoms with Crippen LogP contribution >= 0.6 is 0 Å². The molecule has 6 nitrogen and oxygen atoms in total. The molecule has 1 aromatic rings. The molecule has 118 valence electrons. The molecule has 0 radical (unpaired) electrons. The average Bonchev–Trinajstić information content (AvgIpc) is 2.96. The van der Waals surface area contributed by atoms with E-state index in [0.29, 0.717) is 18.2 Å². The topological polar surface area (TPSA) is 79.0 Å². The number of aromatic nitrogens is 3. The summed E-state index contributed by atoms with van der Waals surface area (Å²) < 4.78 is 12.2. The highest BCUT2D eigenvalue weighted by molar-refractivity contribution is 7.85. The van der Waals surface area contributed by atoms with Gasteiger partial charge >= 0.3 is 0 Å². The van der Waals surface area contributed by atoms with Crippen molar-refractivity contribution in [2.75, 3.05) is 12.8 Å². The Hall–Kier alpha value is -1.24. The Labute approximate surface area is 128 Å². The summed E-state index contributed by atoms with van der Waals surface area (Å²) in [4.78, 5) is 18.2. The van der Waals surface area contributed by atoms with E-state index in [0.717, 1.165) is 19.3 Å². The van der Waals surface area contributed by atoms with Crippen molar-refractivity contribution in [1.29, 1.82) is 0 Å². The van der Waals surface area contributed by atoms with E-state index >= 15 is 0 Å². The number of rotatable bonds is 5. The molecule has 21 heavy (non-hydrogen) atoms. The second-order valence-electron chi connectivity index (χ2n) is 5.74. The Morgan fingerprint density at radius 2 is 2.14 bits per heavy atom. The summed E-state index contributed by atoms with van der Waals surface area (Å²) in [6.07, 6.45) is 5.31. The number of amides is 1. The lowest BCUT2D eigenvalue weighted by atomic mass is 9.85. The third kappa shape index (κ3) is 3.90. The maximum absolute atomic E-state index is 12.3. The number of nitrogens with zero attached hydrogens (tertiary/aromatic N) is 3. The number of nitrogens with one attached hydrogen (secondary N) is 1. The predicted molar refractivity (Wildman–Crippen MR) is 81.2 cm³/mol. The number of hydrogen-bond acceptors (Lipinski definition) is 4. The van der Waals surface area contributed by atoms with Crippen molar-refractivity contribution in [3.8, 4) is 0 Å². The van der Waals surface area contributed by atoms with Gasteiger partial charge < -0.3 is 4.90 Å². The lowest BCUT2D eigenvalue weighted by Gasteiger charge is -2.36. The summed E-state index contributed by atoms with van der Waals surface area (Å²) in [5, 5.41) is 6.88. The van der Waals surface area contributed by atoms with Crippen LogP contribution in [0.15, 0.2) is 5.16 Å². The first kappa shape index (κ1) is 16.1. The molecule has 1 aliphatic carbocycles. The molecular formula is C14H24N4O2S. The zero-order chi connectivity index (χ0) is 15.4. The molecule has 1 fully saturated rings. The fraction of sp³-hybridized carbons (Fsp3) is 0.786. The first-order valence-electron chi connectivity index (χ1n) is 7.58. The van der Waals surface area contributed by atoms with Crippen LogP contribution in [0.5, 0.6) is 0 Å². The van der Waals surface area contributed by atoms with Crippen molar-refractivity contribution in [2.45, 2.75) is 57.1 Å². The van der Waals surface area contributed by atoms with Gasteiger partial charge in [0.1, 0.15) is 22.4 Å². The van der Waals surface area contributed by atoms with Crippen LogP contribution in [0.2, 0.25) is 0 Å². The summed E-state index contributed by atoms with van der Waals surface area (Å²) in [6, 6.07) is 0.265. The monoisotopic (exact) mass is 312 g/mol. The molecule has 0 aliphatic heterocycles. The van der Waals surface area contributed by atoms with E-state index in [9.17, 15) is 9.00 Å². The smallest absolute Gasteiger partial charge is 0.239 e. The van der Waals surface area contributed by atoms with Crippen LogP contribution in [-0.2, 0) is 22.0 Å². The van der Waals surface area contributed by atoms with E-state index in [1.54, 1.807) is 4.90 Å². The largest absolute Gasteiger partial charge is 0.342 e. The van der Waals surface area contributed by atoms with Gasteiger partial charge in [0.2, 0.25) is 11.1 Å². The van der Waals surface area contributed by atoms with Crippen molar-refractivity contribution in [1.82, 2.24) is 20.1 Å². The molecule has 3 atom stereocenters. The molecule has 1 amide bonds. The van der Waals surface area contributed by atoms with E-state index in [4.69, 9.17) is 0 Å². The number of carbonyl (C=O) groups is 1. The average molecular weight is 312 g/mol. The zero-order valence-corrected chi connectivity index (χ0v) is 13.8. The highest BCUT2D eigenvalue weighted by atomic mass is 32.2. The normalized spacial score (nSPS) is 23.8. The molecule has 1 aliphatic rings. The molecule has 1 saturated carbocycles. The number of H-pyrrole nitrogens is 1. The van der Waals surface area contributed by atoms with Gasteiger partial charge in [-0.15, -0.1) is 5.10 Å². The number of hydrogen-bond donors (Lipinski definition) is 1. The summed E-state index contributed by atoms with van der Waals surface area (Å²) in [5.74, 6) is 1.08. The molecule has 0 saturated heterocycles. The van der Waals surface area contributed by atoms with E-state index in [1.165, 1.54) is 6.42 Å². The van der Waals surface area contributed by atoms with Crippen LogP contribution < -0.4 is 0 Å². The molecular weight excluding hydrogens is 288 g/mol. The minimum absolute atomic E-state index is 0.0409. The fourth-order valence-corrected chi connectivity index (χ4v) is 3.79. The number of aryl methyl sites for hydroxylation is 1. The van der Waals surface area contributed by atoms with Crippen LogP contribution in [0.3, 0.4) is 0 Å². The molecule has 0 bridgehead atoms. The number of carbonyl (C=O) groups excluding carboxylic acids is 1. The molecule has 1 heterocycles. The molecule has 1 aromatic heterocycles. The SMILES string of the molecule is CCc1nc([S@](=O)CC(=O)N(C)[C@H]2CCCC[C@H]2C)n[nH]1. The maximum Gasteiger partial charge on any atom is 0.239 e. The molecule has 0 aromatic carbocycles. The van der Waals surface area contributed by atoms with Crippen molar-refractivity contribution in [2.24, 2.45) is 5.92 Å².